The summed E-state index contributed by atoms with van der Waals surface area (Å²) >= 11 is 0. The van der Waals surface area contributed by atoms with Crippen molar-refractivity contribution in [2.75, 3.05) is 6.54 Å². The van der Waals surface area contributed by atoms with Crippen LogP contribution in [0.5, 0.6) is 0 Å². The van der Waals surface area contributed by atoms with E-state index in [1.807, 2.05) is 0 Å². The molecule has 0 unspecified atom stereocenters. The van der Waals surface area contributed by atoms with Gasteiger partial charge in [0.05, 0.1) is 0 Å². The average molecular weight is 97.2 g/mol. The van der Waals surface area contributed by atoms with Crippen LogP contribution in [0.4, 0.5) is 0 Å². The van der Waals surface area contributed by atoms with Crippen LogP contribution in [-0.4, -0.2) is 12.6 Å². The van der Waals surface area contributed by atoms with E-state index in [-0.39, 0.29) is 0 Å². The molecule has 3 rings (SSSR count). The Kier molecular flexibility index (Phi) is 0.680. The van der Waals surface area contributed by atoms with Gasteiger partial charge in [0, 0.05) is 6.04 Å². The Bertz CT molecular complexity index is 60.7. The van der Waals surface area contributed by atoms with Gasteiger partial charge in [-0.3, -0.25) is 0 Å². The number of hydrogen-bond donors (Lipinski definition) is 1. The second-order valence-corrected chi connectivity index (χ2v) is 2.78. The predicted molar refractivity (Wildman–Crippen MR) is 29.1 cm³/mol. The highest BCUT2D eigenvalue weighted by atomic mass is 15.0. The van der Waals surface area contributed by atoms with Gasteiger partial charge in [0.25, 0.3) is 0 Å². The molecule has 0 amide bonds. The van der Waals surface area contributed by atoms with Crippen molar-refractivity contribution in [3.05, 3.63) is 0 Å². The minimum Gasteiger partial charge on any atom is -0.314 e. The molecule has 0 radical (unpaired) electrons. The lowest BCUT2D eigenvalue weighted by Gasteiger charge is -2.41. The molecular formula is C6H11N. The molecule has 3 fully saturated rings. The molecule has 0 aromatic carbocycles. The second-order valence-electron chi connectivity index (χ2n) is 2.78. The van der Waals surface area contributed by atoms with Crippen LogP contribution in [0, 0.1) is 5.92 Å². The first kappa shape index (κ1) is 3.90. The van der Waals surface area contributed by atoms with Crippen LogP contribution in [0.1, 0.15) is 19.3 Å². The van der Waals surface area contributed by atoms with Gasteiger partial charge < -0.3 is 5.32 Å². The lowest BCUT2D eigenvalue weighted by molar-refractivity contribution is 0.158. The summed E-state index contributed by atoms with van der Waals surface area (Å²) in [6.45, 7) is 1.29. The van der Waals surface area contributed by atoms with Crippen molar-refractivity contribution in [1.82, 2.24) is 5.32 Å². The van der Waals surface area contributed by atoms with E-state index >= 15 is 0 Å². The molecule has 0 spiro atoms. The van der Waals surface area contributed by atoms with Gasteiger partial charge in [0.15, 0.2) is 0 Å². The summed E-state index contributed by atoms with van der Waals surface area (Å²) in [5.41, 5.74) is 0. The summed E-state index contributed by atoms with van der Waals surface area (Å²) in [6, 6.07) is 0.929. The van der Waals surface area contributed by atoms with E-state index in [1.54, 1.807) is 0 Å². The quantitative estimate of drug-likeness (QED) is 0.470. The van der Waals surface area contributed by atoms with Crippen molar-refractivity contribution in [2.45, 2.75) is 25.3 Å². The highest BCUT2D eigenvalue weighted by Crippen LogP contribution is 2.33. The average Bonchev–Trinajstić information content (AvgIpc) is 1.67. The Hall–Kier alpha value is -0.0400. The van der Waals surface area contributed by atoms with E-state index in [2.05, 4.69) is 5.32 Å². The third-order valence-corrected chi connectivity index (χ3v) is 2.22. The van der Waals surface area contributed by atoms with Crippen molar-refractivity contribution >= 4 is 0 Å². The van der Waals surface area contributed by atoms with Gasteiger partial charge in [-0.1, -0.05) is 0 Å². The molecule has 40 valence electrons. The first-order chi connectivity index (χ1) is 3.45. The lowest BCUT2D eigenvalue weighted by Crippen LogP contribution is -2.48. The summed E-state index contributed by atoms with van der Waals surface area (Å²) in [7, 11) is 0. The Labute approximate surface area is 44.1 Å². The lowest BCUT2D eigenvalue weighted by atomic mass is 9.75. The smallest absolute Gasteiger partial charge is 0.00723 e. The molecule has 0 aromatic heterocycles. The van der Waals surface area contributed by atoms with Gasteiger partial charge in [-0.15, -0.1) is 0 Å². The van der Waals surface area contributed by atoms with Crippen LogP contribution >= 0.6 is 0 Å². The number of piperidine rings is 2. The van der Waals surface area contributed by atoms with Crippen molar-refractivity contribution < 1.29 is 0 Å². The maximum absolute atomic E-state index is 3.45. The fraction of sp³-hybridized carbons (Fsp3) is 1.00. The third-order valence-electron chi connectivity index (χ3n) is 2.22. The van der Waals surface area contributed by atoms with E-state index in [1.165, 1.54) is 25.8 Å². The van der Waals surface area contributed by atoms with Crippen LogP contribution < -0.4 is 5.32 Å². The van der Waals surface area contributed by atoms with Gasteiger partial charge in [0.1, 0.15) is 0 Å². The van der Waals surface area contributed by atoms with Crippen LogP contribution in [0.25, 0.3) is 0 Å². The molecule has 1 aliphatic carbocycles. The monoisotopic (exact) mass is 97.1 g/mol. The zero-order valence-corrected chi connectivity index (χ0v) is 4.48. The van der Waals surface area contributed by atoms with E-state index in [4.69, 9.17) is 0 Å². The molecule has 3 aliphatic rings. The summed E-state index contributed by atoms with van der Waals surface area (Å²) in [4.78, 5) is 0. The van der Waals surface area contributed by atoms with Crippen LogP contribution in [0.15, 0.2) is 0 Å². The molecular weight excluding hydrogens is 86.1 g/mol. The normalized spacial score (nSPS) is 48.0. The van der Waals surface area contributed by atoms with Gasteiger partial charge in [-0.05, 0) is 31.7 Å². The van der Waals surface area contributed by atoms with Gasteiger partial charge in [-0.25, -0.2) is 0 Å². The molecule has 2 saturated heterocycles. The Morgan fingerprint density at radius 3 is 2.29 bits per heavy atom. The molecule has 0 aromatic rings. The van der Waals surface area contributed by atoms with E-state index in [9.17, 15) is 0 Å². The fourth-order valence-electron chi connectivity index (χ4n) is 1.63. The second kappa shape index (κ2) is 1.22. The molecule has 1 nitrogen and oxygen atoms in total. The standard InChI is InChI=1S/C6H11N/c1-2-7-6-3-5(1)4-6/h5-7H,1-4H2. The molecule has 2 aliphatic heterocycles. The zero-order chi connectivity index (χ0) is 4.69. The summed E-state index contributed by atoms with van der Waals surface area (Å²) in [6.07, 6.45) is 4.39. The highest BCUT2D eigenvalue weighted by molar-refractivity contribution is 4.89. The topological polar surface area (TPSA) is 12.0 Å². The summed E-state index contributed by atoms with van der Waals surface area (Å²) in [5, 5.41) is 3.45. The minimum atomic E-state index is 0.929. The van der Waals surface area contributed by atoms with Crippen LogP contribution in [0.2, 0.25) is 0 Å². The van der Waals surface area contributed by atoms with E-state index < -0.39 is 0 Å². The summed E-state index contributed by atoms with van der Waals surface area (Å²) < 4.78 is 0. The van der Waals surface area contributed by atoms with Crippen molar-refractivity contribution in [2.24, 2.45) is 5.92 Å². The number of rotatable bonds is 0. The Morgan fingerprint density at radius 2 is 2.14 bits per heavy atom. The maximum Gasteiger partial charge on any atom is 0.00723 e. The van der Waals surface area contributed by atoms with E-state index in [0.29, 0.717) is 0 Å². The van der Waals surface area contributed by atoms with Crippen molar-refractivity contribution in [1.29, 1.82) is 0 Å². The number of nitrogens with one attached hydrogen (secondary N) is 1. The fourth-order valence-corrected chi connectivity index (χ4v) is 1.63. The van der Waals surface area contributed by atoms with Crippen molar-refractivity contribution in [3.63, 3.8) is 0 Å². The first-order valence-electron chi connectivity index (χ1n) is 3.18. The highest BCUT2D eigenvalue weighted by Gasteiger charge is 2.31. The van der Waals surface area contributed by atoms with Crippen LogP contribution in [0.3, 0.4) is 0 Å². The largest absolute Gasteiger partial charge is 0.314 e. The number of fused-ring (bicyclic) bond motifs is 2. The molecule has 7 heavy (non-hydrogen) atoms. The SMILES string of the molecule is C1CC2CC(C2)N1. The summed E-state index contributed by atoms with van der Waals surface area (Å²) in [5.74, 6) is 1.12. The van der Waals surface area contributed by atoms with Gasteiger partial charge >= 0.3 is 0 Å². The van der Waals surface area contributed by atoms with E-state index in [0.717, 1.165) is 12.0 Å². The molecule has 2 bridgehead atoms. The minimum absolute atomic E-state index is 0.929. The Balaban J connectivity index is 1.99. The Morgan fingerprint density at radius 1 is 1.29 bits per heavy atom. The molecule has 2 heterocycles. The van der Waals surface area contributed by atoms with Gasteiger partial charge in [-0.2, -0.15) is 0 Å². The third kappa shape index (κ3) is 0.480. The molecule has 1 saturated carbocycles. The predicted octanol–water partition coefficient (Wildman–Crippen LogP) is 0.758. The number of hydrogen-bond acceptors (Lipinski definition) is 1. The zero-order valence-electron chi connectivity index (χ0n) is 4.48. The van der Waals surface area contributed by atoms with Crippen molar-refractivity contribution in [3.8, 4) is 0 Å². The van der Waals surface area contributed by atoms with Crippen LogP contribution in [-0.2, 0) is 0 Å². The molecule has 0 atom stereocenters. The molecule has 1 heteroatoms. The first-order valence-corrected chi connectivity index (χ1v) is 3.18. The maximum atomic E-state index is 3.45. The van der Waals surface area contributed by atoms with Gasteiger partial charge in [0.2, 0.25) is 0 Å². The molecule has 1 N–H and O–H groups in total.